The topological polar surface area (TPSA) is 24.5 Å². The molecule has 1 N–H and O–H groups in total. The first-order valence-electron chi connectivity index (χ1n) is 7.34. The lowest BCUT2D eigenvalue weighted by atomic mass is 9.99. The maximum Gasteiger partial charge on any atom is 0.119 e. The summed E-state index contributed by atoms with van der Waals surface area (Å²) in [6.45, 7) is 7.18. The summed E-state index contributed by atoms with van der Waals surface area (Å²) in [5.41, 5.74) is 1.30. The molecule has 0 bridgehead atoms. The van der Waals surface area contributed by atoms with E-state index in [4.69, 9.17) is 4.74 Å². The highest BCUT2D eigenvalue weighted by Gasteiger charge is 2.21. The van der Waals surface area contributed by atoms with Gasteiger partial charge in [0.2, 0.25) is 0 Å². The van der Waals surface area contributed by atoms with Crippen LogP contribution in [0.5, 0.6) is 5.75 Å². The van der Waals surface area contributed by atoms with Crippen molar-refractivity contribution in [3.8, 4) is 5.75 Å². The number of nitrogens with one attached hydrogen (secondary N) is 1. The van der Waals surface area contributed by atoms with Crippen molar-refractivity contribution in [1.82, 2.24) is 10.2 Å². The summed E-state index contributed by atoms with van der Waals surface area (Å²) in [6.07, 6.45) is 2.48. The van der Waals surface area contributed by atoms with Gasteiger partial charge in [-0.25, -0.2) is 0 Å². The standard InChI is InChI=1S/C16H26N2O/c1-4-19-16-7-5-6-14(11-16)12-17-15-8-9-18(3)13(2)10-15/h5-7,11,13,15,17H,4,8-10,12H2,1-3H3. The first-order chi connectivity index (χ1) is 9.19. The van der Waals surface area contributed by atoms with Gasteiger partial charge in [-0.2, -0.15) is 0 Å². The van der Waals surface area contributed by atoms with Gasteiger partial charge in [-0.05, 0) is 58.0 Å². The van der Waals surface area contributed by atoms with Crippen molar-refractivity contribution in [2.24, 2.45) is 0 Å². The molecule has 0 saturated carbocycles. The molecule has 0 aromatic heterocycles. The highest BCUT2D eigenvalue weighted by Crippen LogP contribution is 2.17. The molecule has 2 unspecified atom stereocenters. The predicted octanol–water partition coefficient (Wildman–Crippen LogP) is 2.66. The molecule has 1 aliphatic rings. The molecule has 3 nitrogen and oxygen atoms in total. The van der Waals surface area contributed by atoms with Crippen LogP contribution >= 0.6 is 0 Å². The third-order valence-corrected chi connectivity index (χ3v) is 4.01. The summed E-state index contributed by atoms with van der Waals surface area (Å²) >= 11 is 0. The fourth-order valence-corrected chi connectivity index (χ4v) is 2.65. The average molecular weight is 262 g/mol. The Kier molecular flexibility index (Phi) is 5.23. The van der Waals surface area contributed by atoms with Gasteiger partial charge in [-0.1, -0.05) is 12.1 Å². The number of nitrogens with zero attached hydrogens (tertiary/aromatic N) is 1. The second-order valence-electron chi connectivity index (χ2n) is 5.51. The molecule has 1 fully saturated rings. The summed E-state index contributed by atoms with van der Waals surface area (Å²) in [5.74, 6) is 0.971. The molecule has 106 valence electrons. The van der Waals surface area contributed by atoms with E-state index in [-0.39, 0.29) is 0 Å². The summed E-state index contributed by atoms with van der Waals surface area (Å²) in [5, 5.41) is 3.68. The van der Waals surface area contributed by atoms with Gasteiger partial charge in [-0.15, -0.1) is 0 Å². The highest BCUT2D eigenvalue weighted by molar-refractivity contribution is 5.28. The second kappa shape index (κ2) is 6.92. The van der Waals surface area contributed by atoms with Crippen LogP contribution in [0.4, 0.5) is 0 Å². The third-order valence-electron chi connectivity index (χ3n) is 4.01. The zero-order valence-electron chi connectivity index (χ0n) is 12.4. The number of hydrogen-bond acceptors (Lipinski definition) is 3. The van der Waals surface area contributed by atoms with Gasteiger partial charge >= 0.3 is 0 Å². The zero-order chi connectivity index (χ0) is 13.7. The van der Waals surface area contributed by atoms with Gasteiger partial charge in [0.25, 0.3) is 0 Å². The van der Waals surface area contributed by atoms with E-state index in [1.54, 1.807) is 0 Å². The summed E-state index contributed by atoms with van der Waals surface area (Å²) in [7, 11) is 2.21. The van der Waals surface area contributed by atoms with E-state index in [0.29, 0.717) is 12.1 Å². The molecule has 2 atom stereocenters. The van der Waals surface area contributed by atoms with Crippen LogP contribution in [0, 0.1) is 0 Å². The molecule has 1 saturated heterocycles. The summed E-state index contributed by atoms with van der Waals surface area (Å²) < 4.78 is 5.53. The smallest absolute Gasteiger partial charge is 0.119 e. The Balaban J connectivity index is 1.83. The number of ether oxygens (including phenoxy) is 1. The van der Waals surface area contributed by atoms with Crippen LogP contribution in [-0.2, 0) is 6.54 Å². The van der Waals surface area contributed by atoms with Crippen molar-refractivity contribution in [1.29, 1.82) is 0 Å². The van der Waals surface area contributed by atoms with E-state index in [1.165, 1.54) is 24.9 Å². The largest absolute Gasteiger partial charge is 0.494 e. The fraction of sp³-hybridized carbons (Fsp3) is 0.625. The quantitative estimate of drug-likeness (QED) is 0.883. The predicted molar refractivity (Wildman–Crippen MR) is 79.6 cm³/mol. The Morgan fingerprint density at radius 1 is 1.42 bits per heavy atom. The van der Waals surface area contributed by atoms with E-state index in [1.807, 2.05) is 13.0 Å². The Labute approximate surface area is 116 Å². The minimum absolute atomic E-state index is 0.641. The maximum absolute atomic E-state index is 5.53. The van der Waals surface area contributed by atoms with Crippen LogP contribution in [0.25, 0.3) is 0 Å². The van der Waals surface area contributed by atoms with E-state index in [0.717, 1.165) is 18.9 Å². The molecule has 0 radical (unpaired) electrons. The number of hydrogen-bond donors (Lipinski definition) is 1. The second-order valence-corrected chi connectivity index (χ2v) is 5.51. The lowest BCUT2D eigenvalue weighted by molar-refractivity contribution is 0.168. The Bertz CT molecular complexity index is 394. The Morgan fingerprint density at radius 3 is 3.00 bits per heavy atom. The van der Waals surface area contributed by atoms with Crippen molar-refractivity contribution in [2.45, 2.75) is 45.3 Å². The van der Waals surface area contributed by atoms with E-state index in [9.17, 15) is 0 Å². The van der Waals surface area contributed by atoms with Crippen molar-refractivity contribution >= 4 is 0 Å². The molecule has 3 heteroatoms. The number of rotatable bonds is 5. The Hall–Kier alpha value is -1.06. The van der Waals surface area contributed by atoms with E-state index < -0.39 is 0 Å². The summed E-state index contributed by atoms with van der Waals surface area (Å²) in [6, 6.07) is 9.70. The SMILES string of the molecule is CCOc1cccc(CNC2CCN(C)C(C)C2)c1. The maximum atomic E-state index is 5.53. The van der Waals surface area contributed by atoms with Crippen molar-refractivity contribution in [3.63, 3.8) is 0 Å². The molecule has 0 spiro atoms. The van der Waals surface area contributed by atoms with Crippen LogP contribution in [0.3, 0.4) is 0 Å². The highest BCUT2D eigenvalue weighted by atomic mass is 16.5. The number of benzene rings is 1. The Morgan fingerprint density at radius 2 is 2.26 bits per heavy atom. The molecule has 0 aliphatic carbocycles. The molecule has 1 aliphatic heterocycles. The zero-order valence-corrected chi connectivity index (χ0v) is 12.4. The lowest BCUT2D eigenvalue weighted by Crippen LogP contribution is -2.45. The van der Waals surface area contributed by atoms with Gasteiger partial charge in [0.05, 0.1) is 6.61 Å². The van der Waals surface area contributed by atoms with Crippen LogP contribution < -0.4 is 10.1 Å². The van der Waals surface area contributed by atoms with Gasteiger partial charge in [-0.3, -0.25) is 0 Å². The molecule has 19 heavy (non-hydrogen) atoms. The van der Waals surface area contributed by atoms with Crippen LogP contribution in [0.2, 0.25) is 0 Å². The minimum Gasteiger partial charge on any atom is -0.494 e. The molecule has 1 aromatic rings. The lowest BCUT2D eigenvalue weighted by Gasteiger charge is -2.35. The summed E-state index contributed by atoms with van der Waals surface area (Å²) in [4.78, 5) is 2.44. The van der Waals surface area contributed by atoms with Crippen LogP contribution in [0.15, 0.2) is 24.3 Å². The van der Waals surface area contributed by atoms with Crippen molar-refractivity contribution < 1.29 is 4.74 Å². The average Bonchev–Trinajstić information content (AvgIpc) is 2.41. The van der Waals surface area contributed by atoms with E-state index in [2.05, 4.69) is 42.4 Å². The third kappa shape index (κ3) is 4.22. The molecule has 1 aromatic carbocycles. The number of piperidine rings is 1. The molecule has 0 amide bonds. The van der Waals surface area contributed by atoms with Crippen LogP contribution in [0.1, 0.15) is 32.3 Å². The molecular weight excluding hydrogens is 236 g/mol. The molecule has 1 heterocycles. The van der Waals surface area contributed by atoms with Gasteiger partial charge in [0.15, 0.2) is 0 Å². The van der Waals surface area contributed by atoms with Crippen LogP contribution in [-0.4, -0.2) is 37.2 Å². The van der Waals surface area contributed by atoms with Crippen molar-refractivity contribution in [3.05, 3.63) is 29.8 Å². The number of likely N-dealkylation sites (tertiary alicyclic amines) is 1. The first kappa shape index (κ1) is 14.4. The van der Waals surface area contributed by atoms with Gasteiger partial charge in [0.1, 0.15) is 5.75 Å². The minimum atomic E-state index is 0.641. The van der Waals surface area contributed by atoms with Crippen molar-refractivity contribution in [2.75, 3.05) is 20.2 Å². The van der Waals surface area contributed by atoms with Gasteiger partial charge < -0.3 is 15.0 Å². The molecule has 2 rings (SSSR count). The first-order valence-corrected chi connectivity index (χ1v) is 7.34. The van der Waals surface area contributed by atoms with E-state index >= 15 is 0 Å². The van der Waals surface area contributed by atoms with Gasteiger partial charge in [0, 0.05) is 18.6 Å². The fourth-order valence-electron chi connectivity index (χ4n) is 2.65. The monoisotopic (exact) mass is 262 g/mol. The normalized spacial score (nSPS) is 24.4. The molecular formula is C16H26N2O.